The predicted octanol–water partition coefficient (Wildman–Crippen LogP) is 9.36. The van der Waals surface area contributed by atoms with Crippen LogP contribution in [0, 0.1) is 6.92 Å². The molecule has 37 heavy (non-hydrogen) atoms. The molecule has 0 aromatic heterocycles. The first-order valence-corrected chi connectivity index (χ1v) is 11.9. The van der Waals surface area contributed by atoms with E-state index < -0.39 is 23.2 Å². The Morgan fingerprint density at radius 3 is 1.49 bits per heavy atom. The number of halogens is 6. The van der Waals surface area contributed by atoms with Gasteiger partial charge in [0.1, 0.15) is 10.8 Å². The number of hydrogen-bond acceptors (Lipinski definition) is 0. The lowest BCUT2D eigenvalue weighted by Gasteiger charge is -2.31. The molecule has 0 spiro atoms. The molecule has 2 atom stereocenters. The highest BCUT2D eigenvalue weighted by Crippen LogP contribution is 2.59. The zero-order chi connectivity index (χ0) is 26.5. The zero-order valence-corrected chi connectivity index (χ0v) is 20.3. The van der Waals surface area contributed by atoms with Crippen LogP contribution in [0.5, 0.6) is 0 Å². The second-order valence-electron chi connectivity index (χ2n) is 10.3. The van der Waals surface area contributed by atoms with Gasteiger partial charge in [-0.1, -0.05) is 66.7 Å². The molecule has 2 aliphatic carbocycles. The Kier molecular flexibility index (Phi) is 4.69. The van der Waals surface area contributed by atoms with Crippen LogP contribution in [-0.2, 0) is 10.8 Å². The van der Waals surface area contributed by atoms with Crippen molar-refractivity contribution in [2.45, 2.75) is 44.0 Å². The van der Waals surface area contributed by atoms with Crippen molar-refractivity contribution < 1.29 is 26.3 Å². The number of rotatable bonds is 1. The number of hydrogen-bond donors (Lipinski definition) is 0. The third kappa shape index (κ3) is 2.93. The number of benzene rings is 4. The molecule has 0 aliphatic heterocycles. The second kappa shape index (κ2) is 7.27. The Morgan fingerprint density at radius 1 is 0.486 bits per heavy atom. The number of aryl methyl sites for hydroxylation is 1. The van der Waals surface area contributed by atoms with Crippen LogP contribution in [0.25, 0.3) is 33.4 Å². The van der Waals surface area contributed by atoms with E-state index in [0.29, 0.717) is 38.9 Å². The first-order valence-electron chi connectivity index (χ1n) is 11.9. The molecule has 0 saturated carbocycles. The summed E-state index contributed by atoms with van der Waals surface area (Å²) in [5, 5.41) is 0. The van der Waals surface area contributed by atoms with Gasteiger partial charge < -0.3 is 0 Å². The van der Waals surface area contributed by atoms with Crippen LogP contribution < -0.4 is 0 Å². The zero-order valence-electron chi connectivity index (χ0n) is 20.3. The van der Waals surface area contributed by atoms with E-state index in [4.69, 9.17) is 0 Å². The molecule has 6 rings (SSSR count). The smallest absolute Gasteiger partial charge is 0.170 e. The quantitative estimate of drug-likeness (QED) is 0.225. The Balaban J connectivity index is 1.59. The molecule has 4 aromatic rings. The van der Waals surface area contributed by atoms with Crippen LogP contribution in [-0.4, -0.2) is 12.4 Å². The van der Waals surface area contributed by atoms with Gasteiger partial charge in [0.15, 0.2) is 0 Å². The maximum absolute atomic E-state index is 14.6. The van der Waals surface area contributed by atoms with Gasteiger partial charge in [0.05, 0.1) is 0 Å². The van der Waals surface area contributed by atoms with Crippen molar-refractivity contribution in [2.75, 3.05) is 0 Å². The van der Waals surface area contributed by atoms with Gasteiger partial charge in [-0.25, -0.2) is 0 Å². The first kappa shape index (κ1) is 23.8. The minimum absolute atomic E-state index is 0.112. The van der Waals surface area contributed by atoms with Crippen LogP contribution in [0.3, 0.4) is 0 Å². The van der Waals surface area contributed by atoms with Crippen LogP contribution >= 0.6 is 0 Å². The molecule has 0 heterocycles. The number of fused-ring (bicyclic) bond motifs is 6. The minimum atomic E-state index is -4.56. The van der Waals surface area contributed by atoms with Crippen molar-refractivity contribution in [1.82, 2.24) is 0 Å². The third-order valence-corrected chi connectivity index (χ3v) is 8.42. The summed E-state index contributed by atoms with van der Waals surface area (Å²) in [6.07, 6.45) is -9.12. The third-order valence-electron chi connectivity index (χ3n) is 8.42. The normalized spacial score (nSPS) is 21.9. The van der Waals surface area contributed by atoms with E-state index in [9.17, 15) is 26.3 Å². The minimum Gasteiger partial charge on any atom is -0.170 e. The largest absolute Gasteiger partial charge is 0.402 e. The standard InChI is InChI=1S/C31H22F6/c1-17-14-23-20-9-5-7-11-25(20)29(3,31(35,36)37)27(23)16-22(17)18-12-13-21-19-8-4-6-10-24(19)28(2,26(21)15-18)30(32,33)34/h4-16H,1-3H3. The van der Waals surface area contributed by atoms with Crippen molar-refractivity contribution >= 4 is 0 Å². The average Bonchev–Trinajstić information content (AvgIpc) is 3.26. The van der Waals surface area contributed by atoms with Gasteiger partial charge in [-0.3, -0.25) is 0 Å². The molecule has 0 radical (unpaired) electrons. The lowest BCUT2D eigenvalue weighted by Crippen LogP contribution is -2.39. The summed E-state index contributed by atoms with van der Waals surface area (Å²) in [7, 11) is 0. The summed E-state index contributed by atoms with van der Waals surface area (Å²) >= 11 is 0. The summed E-state index contributed by atoms with van der Waals surface area (Å²) in [6, 6.07) is 21.1. The molecule has 0 nitrogen and oxygen atoms in total. The topological polar surface area (TPSA) is 0 Å². The molecule has 2 unspecified atom stereocenters. The van der Waals surface area contributed by atoms with Gasteiger partial charge in [0.2, 0.25) is 0 Å². The van der Waals surface area contributed by atoms with E-state index in [0.717, 1.165) is 0 Å². The Hall–Kier alpha value is -3.54. The Morgan fingerprint density at radius 2 is 0.946 bits per heavy atom. The molecular formula is C31H22F6. The molecule has 2 aliphatic rings. The summed E-state index contributed by atoms with van der Waals surface area (Å²) < 4.78 is 87.4. The summed E-state index contributed by atoms with van der Waals surface area (Å²) in [5.41, 5.74) is -0.164. The lowest BCUT2D eigenvalue weighted by molar-refractivity contribution is -0.172. The highest BCUT2D eigenvalue weighted by atomic mass is 19.4. The molecule has 4 aromatic carbocycles. The number of alkyl halides is 6. The first-order chi connectivity index (χ1) is 17.3. The van der Waals surface area contributed by atoms with Crippen LogP contribution in [0.4, 0.5) is 26.3 Å². The van der Waals surface area contributed by atoms with Crippen LogP contribution in [0.15, 0.2) is 78.9 Å². The Labute approximate surface area is 210 Å². The second-order valence-corrected chi connectivity index (χ2v) is 10.3. The van der Waals surface area contributed by atoms with Gasteiger partial charge in [-0.05, 0) is 94.1 Å². The predicted molar refractivity (Wildman–Crippen MR) is 133 cm³/mol. The van der Waals surface area contributed by atoms with E-state index in [2.05, 4.69) is 0 Å². The van der Waals surface area contributed by atoms with E-state index in [1.165, 1.54) is 38.1 Å². The Bertz CT molecular complexity index is 1590. The highest BCUT2D eigenvalue weighted by molar-refractivity contribution is 5.88. The maximum atomic E-state index is 14.6. The van der Waals surface area contributed by atoms with Crippen LogP contribution in [0.2, 0.25) is 0 Å². The van der Waals surface area contributed by atoms with Crippen molar-refractivity contribution in [3.63, 3.8) is 0 Å². The van der Waals surface area contributed by atoms with Crippen molar-refractivity contribution in [3.05, 3.63) is 107 Å². The highest BCUT2D eigenvalue weighted by Gasteiger charge is 2.59. The molecule has 0 N–H and O–H groups in total. The van der Waals surface area contributed by atoms with Gasteiger partial charge in [-0.15, -0.1) is 0 Å². The molecule has 6 heteroatoms. The summed E-state index contributed by atoms with van der Waals surface area (Å²) in [5.74, 6) is 0. The van der Waals surface area contributed by atoms with Crippen molar-refractivity contribution in [1.29, 1.82) is 0 Å². The van der Waals surface area contributed by atoms with E-state index in [1.54, 1.807) is 61.5 Å². The molecule has 0 amide bonds. The van der Waals surface area contributed by atoms with Gasteiger partial charge in [0.25, 0.3) is 0 Å². The monoisotopic (exact) mass is 508 g/mol. The fourth-order valence-electron chi connectivity index (χ4n) is 6.22. The van der Waals surface area contributed by atoms with E-state index >= 15 is 0 Å². The fourth-order valence-corrected chi connectivity index (χ4v) is 6.22. The van der Waals surface area contributed by atoms with Crippen molar-refractivity contribution in [3.8, 4) is 33.4 Å². The average molecular weight is 509 g/mol. The summed E-state index contributed by atoms with van der Waals surface area (Å²) in [6.45, 7) is 4.14. The fraction of sp³-hybridized carbons (Fsp3) is 0.226. The van der Waals surface area contributed by atoms with Gasteiger partial charge in [-0.2, -0.15) is 26.3 Å². The maximum Gasteiger partial charge on any atom is 0.402 e. The van der Waals surface area contributed by atoms with Crippen LogP contribution in [0.1, 0.15) is 41.7 Å². The summed E-state index contributed by atoms with van der Waals surface area (Å²) in [4.78, 5) is 0. The lowest BCUT2D eigenvalue weighted by atomic mass is 9.77. The molecule has 0 fully saturated rings. The van der Waals surface area contributed by atoms with E-state index in [1.807, 2.05) is 0 Å². The molecular weight excluding hydrogens is 486 g/mol. The van der Waals surface area contributed by atoms with Gasteiger partial charge in [0, 0.05) is 0 Å². The molecule has 0 saturated heterocycles. The molecule has 0 bridgehead atoms. The van der Waals surface area contributed by atoms with E-state index in [-0.39, 0.29) is 22.3 Å². The molecule has 188 valence electrons. The SMILES string of the molecule is Cc1cc2c(cc1-c1ccc3c(c1)C(C)(C(F)(F)F)c1ccccc1-3)C(C)(C(F)(F)F)c1ccccc1-2. The van der Waals surface area contributed by atoms with Gasteiger partial charge >= 0.3 is 12.4 Å². The van der Waals surface area contributed by atoms with Crippen molar-refractivity contribution in [2.24, 2.45) is 0 Å².